The molecule has 37 heavy (non-hydrogen) atoms. The summed E-state index contributed by atoms with van der Waals surface area (Å²) in [5.41, 5.74) is 6.25. The van der Waals surface area contributed by atoms with Crippen molar-refractivity contribution in [2.75, 3.05) is 13.2 Å². The van der Waals surface area contributed by atoms with Gasteiger partial charge in [0, 0.05) is 11.1 Å². The number of benzene rings is 2. The summed E-state index contributed by atoms with van der Waals surface area (Å²) >= 11 is 11.3. The molecule has 2 aliphatic rings. The zero-order chi connectivity index (χ0) is 26.3. The van der Waals surface area contributed by atoms with Crippen molar-refractivity contribution in [2.45, 2.75) is 83.5 Å². The highest BCUT2D eigenvalue weighted by Gasteiger charge is 2.21. The quantitative estimate of drug-likeness (QED) is 0.313. The van der Waals surface area contributed by atoms with Crippen LogP contribution >= 0.6 is 23.2 Å². The third-order valence-corrected chi connectivity index (χ3v) is 8.01. The predicted octanol–water partition coefficient (Wildman–Crippen LogP) is 10.6. The van der Waals surface area contributed by atoms with Crippen molar-refractivity contribution in [2.24, 2.45) is 11.8 Å². The van der Waals surface area contributed by atoms with E-state index in [9.17, 15) is 0 Å². The first-order valence-electron chi connectivity index (χ1n) is 14.2. The van der Waals surface area contributed by atoms with Crippen molar-refractivity contribution < 1.29 is 9.47 Å². The third kappa shape index (κ3) is 10.1. The summed E-state index contributed by atoms with van der Waals surface area (Å²) in [6, 6.07) is 17.3. The van der Waals surface area contributed by atoms with E-state index >= 15 is 0 Å². The van der Waals surface area contributed by atoms with Crippen LogP contribution in [-0.2, 0) is 0 Å². The van der Waals surface area contributed by atoms with Gasteiger partial charge in [-0.3, -0.25) is 0 Å². The van der Waals surface area contributed by atoms with Crippen LogP contribution in [0.5, 0.6) is 11.5 Å². The van der Waals surface area contributed by atoms with E-state index in [2.05, 4.69) is 67.6 Å². The predicted molar refractivity (Wildman–Crippen MR) is 159 cm³/mol. The highest BCUT2D eigenvalue weighted by atomic mass is 35.5. The van der Waals surface area contributed by atoms with Crippen molar-refractivity contribution in [3.8, 4) is 11.5 Å². The molecule has 0 spiro atoms. The fraction of sp³-hybridized carbons (Fsp3) is 0.515. The Morgan fingerprint density at radius 3 is 1.38 bits per heavy atom. The van der Waals surface area contributed by atoms with Crippen LogP contribution in [0, 0.1) is 11.8 Å². The minimum Gasteiger partial charge on any atom is -0.494 e. The number of rotatable bonds is 9. The molecule has 4 heteroatoms. The molecule has 2 saturated carbocycles. The van der Waals surface area contributed by atoms with E-state index < -0.39 is 0 Å². The Labute approximate surface area is 235 Å². The molecule has 2 nitrogen and oxygen atoms in total. The van der Waals surface area contributed by atoms with Crippen molar-refractivity contribution in [1.29, 1.82) is 0 Å². The molecule has 0 N–H and O–H groups in total. The SMILES string of the molecule is CCCOc1ccc(C2CCC(/C=C/Cl)CC2)cc1.CCOc1ccc(C2CCC(/C=C/Cl)CC2)cc1. The second kappa shape index (κ2) is 16.8. The van der Waals surface area contributed by atoms with E-state index in [0.717, 1.165) is 31.1 Å². The van der Waals surface area contributed by atoms with E-state index in [0.29, 0.717) is 23.7 Å². The third-order valence-electron chi connectivity index (χ3n) is 7.72. The molecular formula is C33H44Cl2O2. The first kappa shape index (κ1) is 29.7. The molecule has 0 amide bonds. The summed E-state index contributed by atoms with van der Waals surface area (Å²) in [6.07, 6.45) is 15.4. The van der Waals surface area contributed by atoms with Crippen LogP contribution in [0.4, 0.5) is 0 Å². The Morgan fingerprint density at radius 2 is 1.03 bits per heavy atom. The maximum atomic E-state index is 5.65. The Morgan fingerprint density at radius 1 is 0.622 bits per heavy atom. The van der Waals surface area contributed by atoms with Crippen LogP contribution in [0.1, 0.15) is 94.6 Å². The van der Waals surface area contributed by atoms with Gasteiger partial charge in [-0.15, -0.1) is 0 Å². The van der Waals surface area contributed by atoms with Crippen LogP contribution < -0.4 is 9.47 Å². The van der Waals surface area contributed by atoms with Gasteiger partial charge in [-0.25, -0.2) is 0 Å². The summed E-state index contributed by atoms with van der Waals surface area (Å²) in [6.45, 7) is 5.67. The first-order valence-corrected chi connectivity index (χ1v) is 15.0. The van der Waals surface area contributed by atoms with Gasteiger partial charge in [-0.05, 0) is 124 Å². The van der Waals surface area contributed by atoms with Gasteiger partial charge in [0.25, 0.3) is 0 Å². The maximum absolute atomic E-state index is 5.65. The Bertz CT molecular complexity index is 920. The molecule has 2 aromatic carbocycles. The van der Waals surface area contributed by atoms with Crippen LogP contribution in [0.2, 0.25) is 0 Å². The minimum absolute atomic E-state index is 0.681. The number of allylic oxidation sites excluding steroid dienone is 2. The first-order chi connectivity index (χ1) is 18.2. The molecule has 2 aromatic rings. The smallest absolute Gasteiger partial charge is 0.119 e. The summed E-state index contributed by atoms with van der Waals surface area (Å²) < 4.78 is 11.1. The lowest BCUT2D eigenvalue weighted by Crippen LogP contribution is -2.11. The monoisotopic (exact) mass is 542 g/mol. The van der Waals surface area contributed by atoms with E-state index in [-0.39, 0.29) is 0 Å². The molecule has 0 radical (unpaired) electrons. The van der Waals surface area contributed by atoms with E-state index in [4.69, 9.17) is 32.7 Å². The van der Waals surface area contributed by atoms with E-state index in [1.807, 2.05) is 6.92 Å². The lowest BCUT2D eigenvalue weighted by Gasteiger charge is -2.27. The van der Waals surface area contributed by atoms with Crippen molar-refractivity contribution in [3.05, 3.63) is 82.9 Å². The Balaban J connectivity index is 0.000000206. The fourth-order valence-corrected chi connectivity index (χ4v) is 5.97. The number of hydrogen-bond acceptors (Lipinski definition) is 2. The molecule has 202 valence electrons. The molecule has 2 aliphatic carbocycles. The van der Waals surface area contributed by atoms with Gasteiger partial charge < -0.3 is 9.47 Å². The number of halogens is 2. The number of ether oxygens (including phenoxy) is 2. The second-order valence-corrected chi connectivity index (χ2v) is 10.8. The van der Waals surface area contributed by atoms with Gasteiger partial charge >= 0.3 is 0 Å². The molecule has 0 unspecified atom stereocenters. The van der Waals surface area contributed by atoms with Crippen LogP contribution in [0.15, 0.2) is 71.8 Å². The number of hydrogen-bond donors (Lipinski definition) is 0. The van der Waals surface area contributed by atoms with Crippen molar-refractivity contribution in [3.63, 3.8) is 0 Å². The topological polar surface area (TPSA) is 18.5 Å². The zero-order valence-corrected chi connectivity index (χ0v) is 24.1. The minimum atomic E-state index is 0.681. The molecule has 0 bridgehead atoms. The lowest BCUT2D eigenvalue weighted by molar-refractivity contribution is 0.317. The van der Waals surface area contributed by atoms with Gasteiger partial charge in [0.05, 0.1) is 13.2 Å². The van der Waals surface area contributed by atoms with Gasteiger partial charge in [0.2, 0.25) is 0 Å². The highest BCUT2D eigenvalue weighted by Crippen LogP contribution is 2.38. The van der Waals surface area contributed by atoms with Crippen molar-refractivity contribution in [1.82, 2.24) is 0 Å². The molecule has 0 aliphatic heterocycles. The van der Waals surface area contributed by atoms with Gasteiger partial charge in [-0.2, -0.15) is 0 Å². The van der Waals surface area contributed by atoms with Gasteiger partial charge in [0.1, 0.15) is 11.5 Å². The maximum Gasteiger partial charge on any atom is 0.119 e. The van der Waals surface area contributed by atoms with Crippen molar-refractivity contribution >= 4 is 23.2 Å². The zero-order valence-electron chi connectivity index (χ0n) is 22.6. The normalized spacial score (nSPS) is 24.0. The summed E-state index contributed by atoms with van der Waals surface area (Å²) in [5.74, 6) is 4.74. The van der Waals surface area contributed by atoms with Crippen LogP contribution in [0.3, 0.4) is 0 Å². The summed E-state index contributed by atoms with van der Waals surface area (Å²) in [4.78, 5) is 0. The Hall–Kier alpha value is -1.90. The standard InChI is InChI=1S/C17H23ClO.C16H21ClO/c1-2-13-19-17-9-7-16(8-10-17)15-5-3-14(4-6-15)11-12-18;1-2-18-16-9-7-15(8-10-16)14-5-3-13(4-6-14)11-12-17/h7-12,14-15H,2-6,13H2,1H3;7-14H,2-6H2,1H3/b2*12-11+. The average molecular weight is 544 g/mol. The van der Waals surface area contributed by atoms with Gasteiger partial charge in [-0.1, -0.05) is 66.5 Å². The molecule has 0 heterocycles. The largest absolute Gasteiger partial charge is 0.494 e. The molecular weight excluding hydrogens is 499 g/mol. The van der Waals surface area contributed by atoms with E-state index in [1.165, 1.54) is 62.5 Å². The molecule has 0 saturated heterocycles. The molecule has 0 atom stereocenters. The lowest BCUT2D eigenvalue weighted by atomic mass is 9.79. The summed E-state index contributed by atoms with van der Waals surface area (Å²) in [7, 11) is 0. The fourth-order valence-electron chi connectivity index (χ4n) is 5.55. The van der Waals surface area contributed by atoms with Gasteiger partial charge in [0.15, 0.2) is 0 Å². The van der Waals surface area contributed by atoms with Crippen LogP contribution in [-0.4, -0.2) is 13.2 Å². The van der Waals surface area contributed by atoms with E-state index in [1.54, 1.807) is 11.1 Å². The van der Waals surface area contributed by atoms with Crippen LogP contribution in [0.25, 0.3) is 0 Å². The Kier molecular flexibility index (Phi) is 13.5. The second-order valence-electron chi connectivity index (χ2n) is 10.3. The highest BCUT2D eigenvalue weighted by molar-refractivity contribution is 6.25. The summed E-state index contributed by atoms with van der Waals surface area (Å²) in [5, 5.41) is 0. The molecule has 4 rings (SSSR count). The molecule has 0 aromatic heterocycles. The average Bonchev–Trinajstić information content (AvgIpc) is 2.94. The molecule has 2 fully saturated rings.